The fourth-order valence-corrected chi connectivity index (χ4v) is 3.05. The van der Waals surface area contributed by atoms with Crippen molar-refractivity contribution in [3.8, 4) is 0 Å². The van der Waals surface area contributed by atoms with Gasteiger partial charge in [0.05, 0.1) is 26.2 Å². The van der Waals surface area contributed by atoms with E-state index < -0.39 is 0 Å². The van der Waals surface area contributed by atoms with Gasteiger partial charge in [-0.2, -0.15) is 0 Å². The lowest BCUT2D eigenvalue weighted by atomic mass is 10.3. The van der Waals surface area contributed by atoms with Gasteiger partial charge in [0.25, 0.3) is 11.5 Å². The van der Waals surface area contributed by atoms with Gasteiger partial charge in [-0.15, -0.1) is 0 Å². The smallest absolute Gasteiger partial charge is 0.279 e. The van der Waals surface area contributed by atoms with E-state index >= 15 is 0 Å². The molecule has 0 bridgehead atoms. The van der Waals surface area contributed by atoms with Crippen LogP contribution in [0.5, 0.6) is 0 Å². The second kappa shape index (κ2) is 8.59. The monoisotopic (exact) mass is 373 g/mol. The Morgan fingerprint density at radius 3 is 2.44 bits per heavy atom. The molecule has 2 heterocycles. The van der Waals surface area contributed by atoms with Crippen molar-refractivity contribution in [2.45, 2.75) is 6.54 Å². The number of anilines is 1. The molecule has 1 aliphatic heterocycles. The highest BCUT2D eigenvalue weighted by atomic mass is 19.1. The van der Waals surface area contributed by atoms with Crippen LogP contribution in [0.3, 0.4) is 0 Å². The summed E-state index contributed by atoms with van der Waals surface area (Å²) < 4.78 is 14.3. The minimum absolute atomic E-state index is 0.0278. The molecule has 1 saturated heterocycles. The van der Waals surface area contributed by atoms with Gasteiger partial charge in [0.2, 0.25) is 5.91 Å². The Labute approximate surface area is 156 Å². The predicted molar refractivity (Wildman–Crippen MR) is 97.9 cm³/mol. The lowest BCUT2D eigenvalue weighted by Gasteiger charge is -2.32. The Bertz CT molecular complexity index is 858. The van der Waals surface area contributed by atoms with E-state index in [1.165, 1.54) is 34.9 Å². The van der Waals surface area contributed by atoms with Gasteiger partial charge in [0.1, 0.15) is 12.4 Å². The van der Waals surface area contributed by atoms with E-state index in [1.54, 1.807) is 23.2 Å². The molecule has 0 aliphatic carbocycles. The maximum absolute atomic E-state index is 12.9. The van der Waals surface area contributed by atoms with Gasteiger partial charge in [0, 0.05) is 18.0 Å². The number of nitrogens with one attached hydrogen (secondary N) is 2. The minimum Gasteiger partial charge on any atom is -0.330 e. The standard InChI is InChI=1S/C19H21FN4O3/c20-15-4-6-16(7-5-15)21-17(25)13-22-9-11-23(12-10-22)19(27)14-24-8-2-1-3-18(24)26/h1-8H,9-14H2,(H,21,25)/p+1. The van der Waals surface area contributed by atoms with Crippen molar-refractivity contribution < 1.29 is 18.9 Å². The van der Waals surface area contributed by atoms with Crippen LogP contribution in [-0.2, 0) is 16.1 Å². The number of quaternary nitrogens is 1. The van der Waals surface area contributed by atoms with Crippen molar-refractivity contribution in [1.29, 1.82) is 0 Å². The summed E-state index contributed by atoms with van der Waals surface area (Å²) in [7, 11) is 0. The van der Waals surface area contributed by atoms with Crippen LogP contribution in [0.2, 0.25) is 0 Å². The van der Waals surface area contributed by atoms with E-state index in [0.29, 0.717) is 31.9 Å². The van der Waals surface area contributed by atoms with E-state index in [1.807, 2.05) is 0 Å². The van der Waals surface area contributed by atoms with Crippen molar-refractivity contribution in [3.63, 3.8) is 0 Å². The molecule has 2 N–H and O–H groups in total. The number of hydrogen-bond acceptors (Lipinski definition) is 3. The van der Waals surface area contributed by atoms with Gasteiger partial charge < -0.3 is 19.7 Å². The number of halogens is 1. The summed E-state index contributed by atoms with van der Waals surface area (Å²) in [5.41, 5.74) is 0.357. The zero-order valence-corrected chi connectivity index (χ0v) is 14.9. The van der Waals surface area contributed by atoms with Crippen LogP contribution in [0, 0.1) is 5.82 Å². The summed E-state index contributed by atoms with van der Waals surface area (Å²) in [6, 6.07) is 10.4. The quantitative estimate of drug-likeness (QED) is 0.732. The van der Waals surface area contributed by atoms with Crippen LogP contribution in [0.1, 0.15) is 0 Å². The van der Waals surface area contributed by atoms with Crippen LogP contribution in [0.4, 0.5) is 10.1 Å². The summed E-state index contributed by atoms with van der Waals surface area (Å²) in [5.74, 6) is -0.595. The SMILES string of the molecule is O=C(C[NH+]1CCN(C(=O)Cn2ccccc2=O)CC1)Nc1ccc(F)cc1. The molecule has 0 saturated carbocycles. The van der Waals surface area contributed by atoms with Gasteiger partial charge in [0.15, 0.2) is 6.54 Å². The highest BCUT2D eigenvalue weighted by molar-refractivity contribution is 5.91. The van der Waals surface area contributed by atoms with Crippen molar-refractivity contribution in [2.24, 2.45) is 0 Å². The highest BCUT2D eigenvalue weighted by Crippen LogP contribution is 2.07. The van der Waals surface area contributed by atoms with Crippen molar-refractivity contribution in [3.05, 3.63) is 64.8 Å². The third-order valence-electron chi connectivity index (χ3n) is 4.57. The fraction of sp³-hybridized carbons (Fsp3) is 0.316. The topological polar surface area (TPSA) is 75.8 Å². The minimum atomic E-state index is -0.350. The molecule has 7 nitrogen and oxygen atoms in total. The molecule has 0 atom stereocenters. The number of carbonyl (C=O) groups excluding carboxylic acids is 2. The number of amides is 2. The summed E-state index contributed by atoms with van der Waals surface area (Å²) in [5, 5.41) is 2.74. The molecule has 1 aromatic heterocycles. The number of piperazine rings is 1. The first-order valence-corrected chi connectivity index (χ1v) is 8.83. The van der Waals surface area contributed by atoms with E-state index in [9.17, 15) is 18.8 Å². The molecule has 8 heteroatoms. The molecule has 1 fully saturated rings. The average molecular weight is 373 g/mol. The molecule has 2 aromatic rings. The zero-order valence-electron chi connectivity index (χ0n) is 14.9. The van der Waals surface area contributed by atoms with Crippen molar-refractivity contribution in [2.75, 3.05) is 38.0 Å². The fourth-order valence-electron chi connectivity index (χ4n) is 3.05. The lowest BCUT2D eigenvalue weighted by Crippen LogP contribution is -3.15. The number of hydrogen-bond donors (Lipinski definition) is 2. The van der Waals surface area contributed by atoms with Crippen LogP contribution in [-0.4, -0.2) is 54.0 Å². The maximum atomic E-state index is 12.9. The van der Waals surface area contributed by atoms with Crippen LogP contribution in [0.25, 0.3) is 0 Å². The molecule has 2 amide bonds. The molecule has 3 rings (SSSR count). The Morgan fingerprint density at radius 1 is 1.07 bits per heavy atom. The van der Waals surface area contributed by atoms with Gasteiger partial charge >= 0.3 is 0 Å². The molecule has 142 valence electrons. The average Bonchev–Trinajstić information content (AvgIpc) is 2.66. The first kappa shape index (κ1) is 18.8. The maximum Gasteiger partial charge on any atom is 0.279 e. The lowest BCUT2D eigenvalue weighted by molar-refractivity contribution is -0.895. The third-order valence-corrected chi connectivity index (χ3v) is 4.57. The summed E-state index contributed by atoms with van der Waals surface area (Å²) >= 11 is 0. The van der Waals surface area contributed by atoms with Crippen LogP contribution >= 0.6 is 0 Å². The van der Waals surface area contributed by atoms with E-state index in [2.05, 4.69) is 5.32 Å². The Morgan fingerprint density at radius 2 is 1.78 bits per heavy atom. The first-order valence-electron chi connectivity index (χ1n) is 8.83. The number of nitrogens with zero attached hydrogens (tertiary/aromatic N) is 2. The van der Waals surface area contributed by atoms with Crippen molar-refractivity contribution >= 4 is 17.5 Å². The molecule has 0 unspecified atom stereocenters. The van der Waals surface area contributed by atoms with E-state index in [0.717, 1.165) is 4.90 Å². The van der Waals surface area contributed by atoms with Crippen molar-refractivity contribution in [1.82, 2.24) is 9.47 Å². The van der Waals surface area contributed by atoms with E-state index in [-0.39, 0.29) is 36.3 Å². The molecule has 0 radical (unpaired) electrons. The van der Waals surface area contributed by atoms with Gasteiger partial charge in [-0.25, -0.2) is 4.39 Å². The number of aromatic nitrogens is 1. The Kier molecular flexibility index (Phi) is 5.97. The molecular formula is C19H22FN4O3+. The predicted octanol–water partition coefficient (Wildman–Crippen LogP) is -0.647. The zero-order chi connectivity index (χ0) is 19.2. The number of benzene rings is 1. The van der Waals surface area contributed by atoms with Gasteiger partial charge in [-0.1, -0.05) is 6.07 Å². The largest absolute Gasteiger partial charge is 0.330 e. The molecule has 0 spiro atoms. The Balaban J connectivity index is 1.45. The number of pyridine rings is 1. The normalized spacial score (nSPS) is 14.8. The summed E-state index contributed by atoms with van der Waals surface area (Å²) in [6.07, 6.45) is 1.60. The summed E-state index contributed by atoms with van der Waals surface area (Å²) in [4.78, 5) is 39.0. The third kappa shape index (κ3) is 5.24. The highest BCUT2D eigenvalue weighted by Gasteiger charge is 2.25. The Hall–Kier alpha value is -3.00. The first-order chi connectivity index (χ1) is 13.0. The van der Waals surface area contributed by atoms with Crippen LogP contribution in [0.15, 0.2) is 53.5 Å². The summed E-state index contributed by atoms with van der Waals surface area (Å²) in [6.45, 7) is 2.72. The van der Waals surface area contributed by atoms with Gasteiger partial charge in [-0.05, 0) is 30.3 Å². The number of rotatable bonds is 5. The van der Waals surface area contributed by atoms with Crippen LogP contribution < -0.4 is 15.8 Å². The molecule has 1 aliphatic rings. The van der Waals surface area contributed by atoms with E-state index in [4.69, 9.17) is 0 Å². The molecule has 1 aromatic carbocycles. The second-order valence-corrected chi connectivity index (χ2v) is 6.53. The van der Waals surface area contributed by atoms with Gasteiger partial charge in [-0.3, -0.25) is 14.4 Å². The number of carbonyl (C=O) groups is 2. The molecule has 27 heavy (non-hydrogen) atoms. The second-order valence-electron chi connectivity index (χ2n) is 6.53. The molecular weight excluding hydrogens is 351 g/mol.